The third-order valence-corrected chi connectivity index (χ3v) is 5.15. The largest absolute Gasteiger partial charge is 0.206 e. The molecule has 0 aliphatic heterocycles. The summed E-state index contributed by atoms with van der Waals surface area (Å²) in [5.74, 6) is -1.99. The highest BCUT2D eigenvalue weighted by Gasteiger charge is 2.12. The van der Waals surface area contributed by atoms with Gasteiger partial charge >= 0.3 is 0 Å². The number of thiocarbonyl (C=S) groups is 1. The topological polar surface area (TPSA) is 12.4 Å². The highest BCUT2D eigenvalue weighted by Crippen LogP contribution is 2.32. The van der Waals surface area contributed by atoms with Gasteiger partial charge in [0.2, 0.25) is 0 Å². The number of aliphatic imine (C=N–C) groups is 1. The smallest absolute Gasteiger partial charge is 0.153 e. The van der Waals surface area contributed by atoms with Crippen molar-refractivity contribution in [3.8, 4) is 33.4 Å². The Morgan fingerprint density at radius 2 is 1.10 bits per heavy atom. The van der Waals surface area contributed by atoms with E-state index in [0.717, 1.165) is 16.7 Å². The molecule has 0 saturated heterocycles. The summed E-state index contributed by atoms with van der Waals surface area (Å²) in [4.78, 5) is 3.41. The molecule has 31 heavy (non-hydrogen) atoms. The van der Waals surface area contributed by atoms with Crippen LogP contribution < -0.4 is 0 Å². The number of benzene rings is 4. The summed E-state index contributed by atoms with van der Waals surface area (Å²) in [6, 6.07) is 22.2. The number of hydrogen-bond acceptors (Lipinski definition) is 2. The Labute approximate surface area is 183 Å². The van der Waals surface area contributed by atoms with E-state index in [0.29, 0.717) is 22.3 Å². The molecule has 0 unspecified atom stereocenters. The fraction of sp³-hybridized carbons (Fsp3) is 0.0385. The summed E-state index contributed by atoms with van der Waals surface area (Å²) in [6.07, 6.45) is 0. The minimum atomic E-state index is -0.825. The van der Waals surface area contributed by atoms with Crippen molar-refractivity contribution in [1.29, 1.82) is 0 Å². The molecule has 0 aliphatic rings. The Kier molecular flexibility index (Phi) is 5.81. The first-order valence-corrected chi connectivity index (χ1v) is 9.91. The molecule has 0 heterocycles. The predicted molar refractivity (Wildman–Crippen MR) is 122 cm³/mol. The standard InChI is InChI=1S/C26H16F3NS/c1-16-2-4-17(5-3-16)20-10-11-22(23(27)12-20)19-8-6-18(7-9-19)21-13-24(28)26(30-15-31)25(29)14-21/h2-14H,1H3. The molecule has 0 saturated carbocycles. The average Bonchev–Trinajstić information content (AvgIpc) is 2.77. The van der Waals surface area contributed by atoms with Gasteiger partial charge in [-0.05, 0) is 65.2 Å². The van der Waals surface area contributed by atoms with Gasteiger partial charge in [-0.15, -0.1) is 0 Å². The van der Waals surface area contributed by atoms with Crippen LogP contribution in [-0.2, 0) is 0 Å². The van der Waals surface area contributed by atoms with Gasteiger partial charge in [0, 0.05) is 5.56 Å². The first kappa shape index (κ1) is 20.7. The minimum absolute atomic E-state index is 0.342. The van der Waals surface area contributed by atoms with Crippen molar-refractivity contribution in [2.75, 3.05) is 0 Å². The summed E-state index contributed by atoms with van der Waals surface area (Å²) >= 11 is 4.41. The van der Waals surface area contributed by atoms with Crippen LogP contribution in [0.5, 0.6) is 0 Å². The zero-order valence-corrected chi connectivity index (χ0v) is 17.3. The van der Waals surface area contributed by atoms with Crippen LogP contribution in [0.3, 0.4) is 0 Å². The maximum absolute atomic E-state index is 14.8. The maximum atomic E-state index is 14.8. The van der Waals surface area contributed by atoms with Crippen molar-refractivity contribution in [2.24, 2.45) is 4.99 Å². The minimum Gasteiger partial charge on any atom is -0.206 e. The van der Waals surface area contributed by atoms with Gasteiger partial charge < -0.3 is 0 Å². The molecule has 0 amide bonds. The fourth-order valence-electron chi connectivity index (χ4n) is 3.40. The van der Waals surface area contributed by atoms with E-state index in [4.69, 9.17) is 0 Å². The molecular formula is C26H16F3NS. The predicted octanol–water partition coefficient (Wildman–Crippen LogP) is 8.15. The number of isothiocyanates is 1. The molecule has 4 aromatic carbocycles. The Balaban J connectivity index is 1.64. The van der Waals surface area contributed by atoms with Crippen LogP contribution in [0, 0.1) is 24.4 Å². The van der Waals surface area contributed by atoms with Gasteiger partial charge in [0.05, 0.1) is 5.16 Å². The molecule has 0 bridgehead atoms. The van der Waals surface area contributed by atoms with Gasteiger partial charge in [-0.3, -0.25) is 0 Å². The molecule has 0 spiro atoms. The molecule has 0 atom stereocenters. The number of nitrogens with zero attached hydrogens (tertiary/aromatic N) is 1. The second-order valence-corrected chi connectivity index (χ2v) is 7.31. The van der Waals surface area contributed by atoms with Gasteiger partial charge in [0.1, 0.15) is 11.5 Å². The molecule has 5 heteroatoms. The van der Waals surface area contributed by atoms with E-state index in [1.54, 1.807) is 30.3 Å². The van der Waals surface area contributed by atoms with E-state index >= 15 is 0 Å². The Bertz CT molecular complexity index is 1280. The first-order valence-electron chi connectivity index (χ1n) is 9.50. The van der Waals surface area contributed by atoms with Crippen LogP contribution in [0.4, 0.5) is 18.9 Å². The Morgan fingerprint density at radius 3 is 1.68 bits per heavy atom. The van der Waals surface area contributed by atoms with E-state index in [9.17, 15) is 13.2 Å². The van der Waals surface area contributed by atoms with Crippen molar-refractivity contribution < 1.29 is 13.2 Å². The lowest BCUT2D eigenvalue weighted by Crippen LogP contribution is -1.89. The average molecular weight is 431 g/mol. The van der Waals surface area contributed by atoms with E-state index in [-0.39, 0.29) is 5.82 Å². The third kappa shape index (κ3) is 4.33. The van der Waals surface area contributed by atoms with Gasteiger partial charge in [0.15, 0.2) is 11.6 Å². The second kappa shape index (κ2) is 8.68. The highest BCUT2D eigenvalue weighted by molar-refractivity contribution is 7.78. The van der Waals surface area contributed by atoms with E-state index in [1.807, 2.05) is 42.4 Å². The van der Waals surface area contributed by atoms with Crippen LogP contribution in [-0.4, -0.2) is 5.16 Å². The quantitative estimate of drug-likeness (QED) is 0.235. The number of halogens is 3. The highest BCUT2D eigenvalue weighted by atomic mass is 32.1. The molecule has 0 aromatic heterocycles. The summed E-state index contributed by atoms with van der Waals surface area (Å²) in [7, 11) is 0. The first-order chi connectivity index (χ1) is 15.0. The van der Waals surface area contributed by atoms with Gasteiger partial charge in [-0.25, -0.2) is 13.2 Å². The van der Waals surface area contributed by atoms with Crippen molar-refractivity contribution >= 4 is 23.1 Å². The normalized spacial score (nSPS) is 10.6. The SMILES string of the molecule is Cc1ccc(-c2ccc(-c3ccc(-c4cc(F)c(N=C=S)c(F)c4)cc3)c(F)c2)cc1. The van der Waals surface area contributed by atoms with Crippen LogP contribution in [0.1, 0.15) is 5.56 Å². The monoisotopic (exact) mass is 431 g/mol. The molecule has 0 radical (unpaired) electrons. The Hall–Kier alpha value is -3.53. The fourth-order valence-corrected chi connectivity index (χ4v) is 3.49. The van der Waals surface area contributed by atoms with Gasteiger partial charge in [-0.2, -0.15) is 4.99 Å². The molecular weight excluding hydrogens is 415 g/mol. The van der Waals surface area contributed by atoms with Crippen LogP contribution in [0.15, 0.2) is 83.9 Å². The molecule has 152 valence electrons. The van der Waals surface area contributed by atoms with Crippen LogP contribution in [0.25, 0.3) is 33.4 Å². The lowest BCUT2D eigenvalue weighted by molar-refractivity contribution is 0.588. The number of aryl methyl sites for hydroxylation is 1. The third-order valence-electron chi connectivity index (χ3n) is 5.06. The molecule has 4 aromatic rings. The van der Waals surface area contributed by atoms with E-state index in [2.05, 4.69) is 17.2 Å². The Morgan fingerprint density at radius 1 is 0.613 bits per heavy atom. The van der Waals surface area contributed by atoms with Crippen molar-refractivity contribution in [3.63, 3.8) is 0 Å². The second-order valence-electron chi connectivity index (χ2n) is 7.13. The zero-order valence-electron chi connectivity index (χ0n) is 16.5. The van der Waals surface area contributed by atoms with Crippen LogP contribution in [0.2, 0.25) is 0 Å². The zero-order chi connectivity index (χ0) is 22.0. The molecule has 0 fully saturated rings. The number of hydrogen-bond donors (Lipinski definition) is 0. The molecule has 1 nitrogen and oxygen atoms in total. The van der Waals surface area contributed by atoms with E-state index in [1.165, 1.54) is 18.2 Å². The molecule has 0 aliphatic carbocycles. The molecule has 0 N–H and O–H groups in total. The van der Waals surface area contributed by atoms with Crippen molar-refractivity contribution in [1.82, 2.24) is 0 Å². The maximum Gasteiger partial charge on any atom is 0.153 e. The summed E-state index contributed by atoms with van der Waals surface area (Å²) < 4.78 is 43.0. The summed E-state index contributed by atoms with van der Waals surface area (Å²) in [5, 5.41) is 1.97. The van der Waals surface area contributed by atoms with E-state index < -0.39 is 17.3 Å². The summed E-state index contributed by atoms with van der Waals surface area (Å²) in [6.45, 7) is 2.00. The molecule has 4 rings (SSSR count). The lowest BCUT2D eigenvalue weighted by atomic mass is 9.97. The lowest BCUT2D eigenvalue weighted by Gasteiger charge is -2.09. The number of rotatable bonds is 4. The van der Waals surface area contributed by atoms with Gasteiger partial charge in [0.25, 0.3) is 0 Å². The van der Waals surface area contributed by atoms with Crippen molar-refractivity contribution in [3.05, 3.63) is 102 Å². The van der Waals surface area contributed by atoms with Crippen LogP contribution >= 0.6 is 12.2 Å². The van der Waals surface area contributed by atoms with Gasteiger partial charge in [-0.1, -0.05) is 66.2 Å². The van der Waals surface area contributed by atoms with Crippen molar-refractivity contribution in [2.45, 2.75) is 6.92 Å². The summed E-state index contributed by atoms with van der Waals surface area (Å²) in [5.41, 5.74) is 4.47.